The SMILES string of the molecule is CO[C@]1(C)C[C@H](O)C1(C)C. The fourth-order valence-corrected chi connectivity index (χ4v) is 1.45. The van der Waals surface area contributed by atoms with E-state index in [1.165, 1.54) is 0 Å². The van der Waals surface area contributed by atoms with Crippen LogP contribution >= 0.6 is 0 Å². The normalized spacial score (nSPS) is 44.7. The molecule has 0 saturated heterocycles. The molecule has 0 heterocycles. The van der Waals surface area contributed by atoms with Gasteiger partial charge >= 0.3 is 0 Å². The predicted molar refractivity (Wildman–Crippen MR) is 39.8 cm³/mol. The number of hydrogen-bond acceptors (Lipinski definition) is 2. The first-order chi connectivity index (χ1) is 4.44. The lowest BCUT2D eigenvalue weighted by molar-refractivity contribution is -0.229. The molecule has 0 amide bonds. The van der Waals surface area contributed by atoms with Gasteiger partial charge in [0.05, 0.1) is 11.7 Å². The second-order valence-corrected chi connectivity index (χ2v) is 3.88. The van der Waals surface area contributed by atoms with Gasteiger partial charge in [-0.1, -0.05) is 13.8 Å². The molecule has 2 nitrogen and oxygen atoms in total. The zero-order chi connectivity index (χ0) is 7.99. The van der Waals surface area contributed by atoms with Crippen molar-refractivity contribution in [2.75, 3.05) is 7.11 Å². The molecular formula is C8H16O2. The molecule has 2 atom stereocenters. The fraction of sp³-hybridized carbons (Fsp3) is 1.00. The number of aliphatic hydroxyl groups is 1. The number of hydrogen-bond donors (Lipinski definition) is 1. The molecule has 2 heteroatoms. The highest BCUT2D eigenvalue weighted by Crippen LogP contribution is 2.51. The van der Waals surface area contributed by atoms with Crippen molar-refractivity contribution in [3.63, 3.8) is 0 Å². The van der Waals surface area contributed by atoms with Gasteiger partial charge in [0, 0.05) is 18.9 Å². The first kappa shape index (κ1) is 8.02. The van der Waals surface area contributed by atoms with Crippen LogP contribution in [0.25, 0.3) is 0 Å². The number of methoxy groups -OCH3 is 1. The van der Waals surface area contributed by atoms with Crippen molar-refractivity contribution < 1.29 is 9.84 Å². The zero-order valence-corrected chi connectivity index (χ0v) is 7.14. The third-order valence-electron chi connectivity index (χ3n) is 3.23. The van der Waals surface area contributed by atoms with Crippen molar-refractivity contribution in [3.05, 3.63) is 0 Å². The zero-order valence-electron chi connectivity index (χ0n) is 7.14. The third-order valence-corrected chi connectivity index (χ3v) is 3.23. The fourth-order valence-electron chi connectivity index (χ4n) is 1.45. The maximum atomic E-state index is 9.36. The third kappa shape index (κ3) is 0.722. The lowest BCUT2D eigenvalue weighted by Gasteiger charge is -2.56. The summed E-state index contributed by atoms with van der Waals surface area (Å²) in [6.45, 7) is 6.11. The summed E-state index contributed by atoms with van der Waals surface area (Å²) in [5.74, 6) is 0. The van der Waals surface area contributed by atoms with Crippen LogP contribution in [0.1, 0.15) is 27.2 Å². The Hall–Kier alpha value is -0.0800. The Morgan fingerprint density at radius 1 is 1.40 bits per heavy atom. The van der Waals surface area contributed by atoms with Crippen LogP contribution in [0.3, 0.4) is 0 Å². The molecule has 1 aliphatic carbocycles. The van der Waals surface area contributed by atoms with E-state index in [0.29, 0.717) is 0 Å². The second-order valence-electron chi connectivity index (χ2n) is 3.88. The van der Waals surface area contributed by atoms with Crippen LogP contribution in [0, 0.1) is 5.41 Å². The molecule has 1 fully saturated rings. The Labute approximate surface area is 62.2 Å². The smallest absolute Gasteiger partial charge is 0.0750 e. The van der Waals surface area contributed by atoms with Gasteiger partial charge in [-0.05, 0) is 6.92 Å². The van der Waals surface area contributed by atoms with Crippen molar-refractivity contribution in [2.45, 2.75) is 38.9 Å². The van der Waals surface area contributed by atoms with E-state index in [2.05, 4.69) is 0 Å². The molecular weight excluding hydrogens is 128 g/mol. The van der Waals surface area contributed by atoms with Crippen molar-refractivity contribution in [1.82, 2.24) is 0 Å². The van der Waals surface area contributed by atoms with E-state index in [1.54, 1.807) is 7.11 Å². The van der Waals surface area contributed by atoms with Gasteiger partial charge in [0.25, 0.3) is 0 Å². The Morgan fingerprint density at radius 2 is 1.90 bits per heavy atom. The molecule has 0 aromatic carbocycles. The number of ether oxygens (including phenoxy) is 1. The lowest BCUT2D eigenvalue weighted by atomic mass is 9.57. The van der Waals surface area contributed by atoms with Crippen molar-refractivity contribution >= 4 is 0 Å². The highest BCUT2D eigenvalue weighted by atomic mass is 16.5. The van der Waals surface area contributed by atoms with E-state index in [0.717, 1.165) is 6.42 Å². The second kappa shape index (κ2) is 1.95. The minimum Gasteiger partial charge on any atom is -0.392 e. The highest BCUT2D eigenvalue weighted by molar-refractivity contribution is 5.07. The molecule has 0 aromatic rings. The monoisotopic (exact) mass is 144 g/mol. The van der Waals surface area contributed by atoms with Crippen molar-refractivity contribution in [1.29, 1.82) is 0 Å². The summed E-state index contributed by atoms with van der Waals surface area (Å²) in [5.41, 5.74) is -0.200. The Bertz CT molecular complexity index is 139. The van der Waals surface area contributed by atoms with Gasteiger partial charge in [-0.25, -0.2) is 0 Å². The molecule has 1 saturated carbocycles. The van der Waals surface area contributed by atoms with E-state index in [1.807, 2.05) is 20.8 Å². The molecule has 0 bridgehead atoms. The average Bonchev–Trinajstić information content (AvgIpc) is 1.88. The molecule has 0 aromatic heterocycles. The van der Waals surface area contributed by atoms with Gasteiger partial charge < -0.3 is 9.84 Å². The standard InChI is InChI=1S/C8H16O2/c1-7(2)6(9)5-8(7,3)10-4/h6,9H,5H2,1-4H3/t6-,8+/m0/s1. The molecule has 1 N–H and O–H groups in total. The van der Waals surface area contributed by atoms with Gasteiger partial charge in [0.2, 0.25) is 0 Å². The quantitative estimate of drug-likeness (QED) is 0.599. The molecule has 60 valence electrons. The molecule has 0 unspecified atom stereocenters. The average molecular weight is 144 g/mol. The van der Waals surface area contributed by atoms with Crippen LogP contribution in [-0.4, -0.2) is 23.9 Å². The largest absolute Gasteiger partial charge is 0.392 e. The van der Waals surface area contributed by atoms with Crippen molar-refractivity contribution in [2.24, 2.45) is 5.41 Å². The Kier molecular flexibility index (Phi) is 1.57. The molecule has 1 aliphatic rings. The molecule has 1 rings (SSSR count). The van der Waals surface area contributed by atoms with Gasteiger partial charge in [-0.15, -0.1) is 0 Å². The summed E-state index contributed by atoms with van der Waals surface area (Å²) < 4.78 is 5.30. The Balaban J connectivity index is 2.70. The topological polar surface area (TPSA) is 29.5 Å². The minimum atomic E-state index is -0.197. The van der Waals surface area contributed by atoms with Crippen LogP contribution in [0.2, 0.25) is 0 Å². The predicted octanol–water partition coefficient (Wildman–Crippen LogP) is 1.18. The molecule has 0 aliphatic heterocycles. The van der Waals surface area contributed by atoms with Crippen LogP contribution in [-0.2, 0) is 4.74 Å². The van der Waals surface area contributed by atoms with Crippen LogP contribution in [0.15, 0.2) is 0 Å². The first-order valence-electron chi connectivity index (χ1n) is 3.67. The minimum absolute atomic E-state index is 0.0816. The highest BCUT2D eigenvalue weighted by Gasteiger charge is 2.57. The molecule has 0 spiro atoms. The summed E-state index contributed by atoms with van der Waals surface area (Å²) >= 11 is 0. The van der Waals surface area contributed by atoms with Crippen LogP contribution in [0.5, 0.6) is 0 Å². The summed E-state index contributed by atoms with van der Waals surface area (Å²) in [5, 5.41) is 9.36. The lowest BCUT2D eigenvalue weighted by Crippen LogP contribution is -2.63. The van der Waals surface area contributed by atoms with E-state index in [4.69, 9.17) is 4.74 Å². The summed E-state index contributed by atoms with van der Waals surface area (Å²) in [7, 11) is 1.70. The van der Waals surface area contributed by atoms with Crippen LogP contribution < -0.4 is 0 Å². The van der Waals surface area contributed by atoms with Gasteiger partial charge in [-0.3, -0.25) is 0 Å². The van der Waals surface area contributed by atoms with Gasteiger partial charge in [-0.2, -0.15) is 0 Å². The van der Waals surface area contributed by atoms with E-state index >= 15 is 0 Å². The molecule has 10 heavy (non-hydrogen) atoms. The summed E-state index contributed by atoms with van der Waals surface area (Å²) in [6.07, 6.45) is 0.564. The summed E-state index contributed by atoms with van der Waals surface area (Å²) in [4.78, 5) is 0. The number of aliphatic hydroxyl groups excluding tert-OH is 1. The van der Waals surface area contributed by atoms with E-state index in [9.17, 15) is 5.11 Å². The van der Waals surface area contributed by atoms with E-state index < -0.39 is 0 Å². The van der Waals surface area contributed by atoms with Gasteiger partial charge in [0.1, 0.15) is 0 Å². The maximum absolute atomic E-state index is 9.36. The molecule has 0 radical (unpaired) electrons. The number of rotatable bonds is 1. The Morgan fingerprint density at radius 3 is 2.00 bits per heavy atom. The first-order valence-corrected chi connectivity index (χ1v) is 3.67. The van der Waals surface area contributed by atoms with Crippen LogP contribution in [0.4, 0.5) is 0 Å². The van der Waals surface area contributed by atoms with Gasteiger partial charge in [0.15, 0.2) is 0 Å². The maximum Gasteiger partial charge on any atom is 0.0750 e. The summed E-state index contributed by atoms with van der Waals surface area (Å²) in [6, 6.07) is 0. The van der Waals surface area contributed by atoms with Crippen molar-refractivity contribution in [3.8, 4) is 0 Å². The van der Waals surface area contributed by atoms with E-state index in [-0.39, 0.29) is 17.1 Å².